The van der Waals surface area contributed by atoms with Gasteiger partial charge in [0.1, 0.15) is 0 Å². The minimum Gasteiger partial charge on any atom is -0.354 e. The van der Waals surface area contributed by atoms with Crippen molar-refractivity contribution in [3.05, 3.63) is 71.3 Å². The van der Waals surface area contributed by atoms with Crippen molar-refractivity contribution in [1.82, 2.24) is 15.5 Å². The Balaban J connectivity index is 1.24. The largest absolute Gasteiger partial charge is 0.354 e. The molecule has 2 heterocycles. The predicted octanol–water partition coefficient (Wildman–Crippen LogP) is 2.99. The molecule has 1 unspecified atom stereocenters. The van der Waals surface area contributed by atoms with Crippen molar-refractivity contribution in [3.8, 4) is 0 Å². The zero-order valence-corrected chi connectivity index (χ0v) is 18.2. The normalized spacial score (nSPS) is 20.3. The van der Waals surface area contributed by atoms with Gasteiger partial charge in [0.15, 0.2) is 0 Å². The molecule has 4 rings (SSSR count). The zero-order chi connectivity index (χ0) is 21.0. The average Bonchev–Trinajstić information content (AvgIpc) is 3.19. The first-order valence-corrected chi connectivity index (χ1v) is 11.6. The molecule has 1 atom stereocenters. The first-order chi connectivity index (χ1) is 14.5. The van der Waals surface area contributed by atoms with E-state index in [0.29, 0.717) is 6.54 Å². The van der Waals surface area contributed by atoms with Gasteiger partial charge in [0.25, 0.3) is 5.91 Å². The van der Waals surface area contributed by atoms with Crippen LogP contribution in [0.5, 0.6) is 0 Å². The smallest absolute Gasteiger partial charge is 0.253 e. The lowest BCUT2D eigenvalue weighted by Crippen LogP contribution is -2.54. The van der Waals surface area contributed by atoms with E-state index in [4.69, 9.17) is 0 Å². The van der Waals surface area contributed by atoms with E-state index in [9.17, 15) is 9.59 Å². The Kier molecular flexibility index (Phi) is 6.44. The molecule has 2 N–H and O–H groups in total. The van der Waals surface area contributed by atoms with Crippen molar-refractivity contribution < 1.29 is 9.59 Å². The molecule has 0 aromatic heterocycles. The summed E-state index contributed by atoms with van der Waals surface area (Å²) in [6, 6.07) is 17.8. The highest BCUT2D eigenvalue weighted by Crippen LogP contribution is 2.39. The number of benzene rings is 2. The summed E-state index contributed by atoms with van der Waals surface area (Å²) in [6.45, 7) is 4.11. The van der Waals surface area contributed by atoms with Crippen LogP contribution in [0.3, 0.4) is 0 Å². The minimum atomic E-state index is -0.162. The van der Waals surface area contributed by atoms with Gasteiger partial charge in [-0.25, -0.2) is 0 Å². The van der Waals surface area contributed by atoms with Crippen molar-refractivity contribution in [2.45, 2.75) is 37.1 Å². The molecule has 1 spiro atoms. The van der Waals surface area contributed by atoms with Crippen LogP contribution in [0.4, 0.5) is 0 Å². The monoisotopic (exact) mass is 423 g/mol. The predicted molar refractivity (Wildman–Crippen MR) is 122 cm³/mol. The summed E-state index contributed by atoms with van der Waals surface area (Å²) in [5, 5.41) is 6.64. The lowest BCUT2D eigenvalue weighted by atomic mass is 10.0. The van der Waals surface area contributed by atoms with Crippen LogP contribution in [-0.2, 0) is 11.2 Å². The number of likely N-dealkylation sites (tertiary alicyclic amines) is 1. The molecule has 2 aromatic carbocycles. The number of rotatable bonds is 5. The van der Waals surface area contributed by atoms with Gasteiger partial charge in [-0.3, -0.25) is 14.9 Å². The molecule has 2 saturated heterocycles. The Hall–Kier alpha value is -2.31. The van der Waals surface area contributed by atoms with E-state index in [0.717, 1.165) is 49.2 Å². The zero-order valence-electron chi connectivity index (χ0n) is 17.4. The SMILES string of the molecule is Cc1ccc(C(=O)N2CCC3(CC2)NC(C(=O)NCCc2ccccc2)CS3)cc1. The number of hydrogen-bond acceptors (Lipinski definition) is 4. The van der Waals surface area contributed by atoms with E-state index in [1.165, 1.54) is 5.56 Å². The minimum absolute atomic E-state index is 0.0773. The second-order valence-electron chi connectivity index (χ2n) is 8.19. The third kappa shape index (κ3) is 4.87. The molecule has 0 saturated carbocycles. The van der Waals surface area contributed by atoms with Crippen LogP contribution in [0.25, 0.3) is 0 Å². The number of amides is 2. The standard InChI is InChI=1S/C24H29N3O2S/c1-18-7-9-20(10-8-18)23(29)27-15-12-24(13-16-27)26-21(17-30-24)22(28)25-14-11-19-5-3-2-4-6-19/h2-10,21,26H,11-17H2,1H3,(H,25,28). The number of thioether (sulfide) groups is 1. The number of hydrogen-bond donors (Lipinski definition) is 2. The van der Waals surface area contributed by atoms with E-state index >= 15 is 0 Å². The fraction of sp³-hybridized carbons (Fsp3) is 0.417. The van der Waals surface area contributed by atoms with Gasteiger partial charge in [-0.2, -0.15) is 0 Å². The van der Waals surface area contributed by atoms with Gasteiger partial charge in [0, 0.05) is 31.0 Å². The molecule has 5 nitrogen and oxygen atoms in total. The number of carbonyl (C=O) groups is 2. The van der Waals surface area contributed by atoms with Crippen LogP contribution in [-0.4, -0.2) is 53.0 Å². The first kappa shape index (κ1) is 20.9. The number of piperidine rings is 1. The van der Waals surface area contributed by atoms with Crippen LogP contribution in [0, 0.1) is 6.92 Å². The van der Waals surface area contributed by atoms with Gasteiger partial charge >= 0.3 is 0 Å². The second kappa shape index (κ2) is 9.23. The van der Waals surface area contributed by atoms with Crippen molar-refractivity contribution >= 4 is 23.6 Å². The molecule has 2 fully saturated rings. The van der Waals surface area contributed by atoms with Crippen molar-refractivity contribution in [1.29, 1.82) is 0 Å². The highest BCUT2D eigenvalue weighted by atomic mass is 32.2. The lowest BCUT2D eigenvalue weighted by molar-refractivity contribution is -0.122. The second-order valence-corrected chi connectivity index (χ2v) is 9.59. The summed E-state index contributed by atoms with van der Waals surface area (Å²) in [5.41, 5.74) is 3.14. The van der Waals surface area contributed by atoms with Gasteiger partial charge < -0.3 is 10.2 Å². The van der Waals surface area contributed by atoms with Crippen LogP contribution in [0.1, 0.15) is 34.3 Å². The van der Waals surface area contributed by atoms with E-state index in [-0.39, 0.29) is 22.7 Å². The maximum atomic E-state index is 12.8. The molecule has 2 aromatic rings. The number of carbonyl (C=O) groups excluding carboxylic acids is 2. The first-order valence-electron chi connectivity index (χ1n) is 10.6. The third-order valence-electron chi connectivity index (χ3n) is 5.99. The van der Waals surface area contributed by atoms with Gasteiger partial charge in [-0.15, -0.1) is 11.8 Å². The topological polar surface area (TPSA) is 61.4 Å². The van der Waals surface area contributed by atoms with Crippen molar-refractivity contribution in [2.24, 2.45) is 0 Å². The summed E-state index contributed by atoms with van der Waals surface area (Å²) in [6.07, 6.45) is 2.57. The molecule has 158 valence electrons. The summed E-state index contributed by atoms with van der Waals surface area (Å²) in [5.74, 6) is 0.958. The number of nitrogens with one attached hydrogen (secondary N) is 2. The molecular formula is C24H29N3O2S. The van der Waals surface area contributed by atoms with Crippen LogP contribution in [0.2, 0.25) is 0 Å². The molecule has 2 amide bonds. The van der Waals surface area contributed by atoms with Gasteiger partial charge in [-0.1, -0.05) is 48.0 Å². The summed E-state index contributed by atoms with van der Waals surface area (Å²) in [4.78, 5) is 27.2. The highest BCUT2D eigenvalue weighted by Gasteiger charge is 2.44. The van der Waals surface area contributed by atoms with Gasteiger partial charge in [-0.05, 0) is 43.9 Å². The van der Waals surface area contributed by atoms with E-state index in [2.05, 4.69) is 22.8 Å². The third-order valence-corrected chi connectivity index (χ3v) is 7.57. The summed E-state index contributed by atoms with van der Waals surface area (Å²) >= 11 is 1.83. The molecule has 2 aliphatic rings. The molecule has 0 bridgehead atoms. The van der Waals surface area contributed by atoms with E-state index in [1.807, 2.05) is 66.1 Å². The molecule has 2 aliphatic heterocycles. The fourth-order valence-corrected chi connectivity index (χ4v) is 5.54. The van der Waals surface area contributed by atoms with Crippen LogP contribution < -0.4 is 10.6 Å². The Morgan fingerprint density at radius 3 is 2.50 bits per heavy atom. The lowest BCUT2D eigenvalue weighted by Gasteiger charge is -2.39. The Bertz CT molecular complexity index is 877. The molecule has 0 radical (unpaired) electrons. The maximum Gasteiger partial charge on any atom is 0.253 e. The number of nitrogens with zero attached hydrogens (tertiary/aromatic N) is 1. The number of aryl methyl sites for hydroxylation is 1. The highest BCUT2D eigenvalue weighted by molar-refractivity contribution is 8.01. The summed E-state index contributed by atoms with van der Waals surface area (Å²) < 4.78 is 0. The van der Waals surface area contributed by atoms with Gasteiger partial charge in [0.05, 0.1) is 10.9 Å². The molecule has 6 heteroatoms. The molecular weight excluding hydrogens is 394 g/mol. The van der Waals surface area contributed by atoms with Crippen molar-refractivity contribution in [2.75, 3.05) is 25.4 Å². The van der Waals surface area contributed by atoms with E-state index in [1.54, 1.807) is 0 Å². The van der Waals surface area contributed by atoms with Crippen molar-refractivity contribution in [3.63, 3.8) is 0 Å². The quantitative estimate of drug-likeness (QED) is 0.776. The fourth-order valence-electron chi connectivity index (χ4n) is 4.12. The van der Waals surface area contributed by atoms with Crippen LogP contribution >= 0.6 is 11.8 Å². The Labute approximate surface area is 182 Å². The average molecular weight is 424 g/mol. The Morgan fingerprint density at radius 1 is 1.10 bits per heavy atom. The maximum absolute atomic E-state index is 12.8. The Morgan fingerprint density at radius 2 is 1.80 bits per heavy atom. The molecule has 0 aliphatic carbocycles. The van der Waals surface area contributed by atoms with Crippen LogP contribution in [0.15, 0.2) is 54.6 Å². The van der Waals surface area contributed by atoms with E-state index < -0.39 is 0 Å². The summed E-state index contributed by atoms with van der Waals surface area (Å²) in [7, 11) is 0. The molecule has 30 heavy (non-hydrogen) atoms. The van der Waals surface area contributed by atoms with Gasteiger partial charge in [0.2, 0.25) is 5.91 Å².